The molecule has 0 spiro atoms. The summed E-state index contributed by atoms with van der Waals surface area (Å²) in [4.78, 5) is 0. The molecule has 1 heterocycles. The van der Waals surface area contributed by atoms with Gasteiger partial charge in [-0.15, -0.1) is 0 Å². The van der Waals surface area contributed by atoms with Crippen molar-refractivity contribution in [1.29, 1.82) is 0 Å². The van der Waals surface area contributed by atoms with Crippen molar-refractivity contribution < 1.29 is 9.47 Å². The van der Waals surface area contributed by atoms with Gasteiger partial charge in [0.25, 0.3) is 4.52 Å². The summed E-state index contributed by atoms with van der Waals surface area (Å²) in [5.41, 5.74) is -1.50. The number of ether oxygens (including phenoxy) is 2. The number of hydrogen-bond acceptors (Lipinski definition) is 2. The number of halogens is 4. The largest absolute Gasteiger partial charge is 0.340 e. The Kier molecular flexibility index (Phi) is 2.95. The molecule has 0 aromatic heterocycles. The Balaban J connectivity index is 2.52. The minimum absolute atomic E-state index is 0.137. The van der Waals surface area contributed by atoms with E-state index in [1.54, 1.807) is 0 Å². The average Bonchev–Trinajstić information content (AvgIpc) is 1.81. The van der Waals surface area contributed by atoms with Gasteiger partial charge < -0.3 is 9.47 Å². The average molecular weight is 226 g/mol. The van der Waals surface area contributed by atoms with Gasteiger partial charge in [0.1, 0.15) is 0 Å². The summed E-state index contributed by atoms with van der Waals surface area (Å²) >= 11 is 22.0. The Morgan fingerprint density at radius 2 is 1.90 bits per heavy atom. The zero-order valence-corrected chi connectivity index (χ0v) is 7.71. The molecule has 0 aliphatic carbocycles. The van der Waals surface area contributed by atoms with Crippen LogP contribution in [0.25, 0.3) is 0 Å². The van der Waals surface area contributed by atoms with Crippen LogP contribution in [0.2, 0.25) is 0 Å². The van der Waals surface area contributed by atoms with Crippen LogP contribution in [0.4, 0.5) is 0 Å². The fourth-order valence-electron chi connectivity index (χ4n) is 0.490. The highest BCUT2D eigenvalue weighted by atomic mass is 35.5. The Labute approximate surface area is 78.3 Å². The van der Waals surface area contributed by atoms with Gasteiger partial charge in [-0.2, -0.15) is 0 Å². The van der Waals surface area contributed by atoms with Crippen LogP contribution in [0.15, 0.2) is 0 Å². The van der Waals surface area contributed by atoms with Crippen molar-refractivity contribution in [2.24, 2.45) is 0 Å². The van der Waals surface area contributed by atoms with Crippen molar-refractivity contribution in [3.63, 3.8) is 0 Å². The van der Waals surface area contributed by atoms with Crippen LogP contribution < -0.4 is 0 Å². The van der Waals surface area contributed by atoms with Gasteiger partial charge in [0, 0.05) is 0 Å². The van der Waals surface area contributed by atoms with Crippen molar-refractivity contribution in [2.75, 3.05) is 6.61 Å². The van der Waals surface area contributed by atoms with Gasteiger partial charge in [0.2, 0.25) is 0 Å². The molecule has 1 saturated heterocycles. The molecule has 2 atom stereocenters. The molecule has 60 valence electrons. The van der Waals surface area contributed by atoms with Crippen molar-refractivity contribution in [1.82, 2.24) is 0 Å². The van der Waals surface area contributed by atoms with E-state index in [4.69, 9.17) is 55.9 Å². The Morgan fingerprint density at radius 3 is 2.30 bits per heavy atom. The summed E-state index contributed by atoms with van der Waals surface area (Å²) in [5, 5.41) is 0. The highest BCUT2D eigenvalue weighted by Crippen LogP contribution is 2.36. The van der Waals surface area contributed by atoms with E-state index in [0.717, 1.165) is 0 Å². The maximum absolute atomic E-state index is 5.52. The van der Waals surface area contributed by atoms with Crippen LogP contribution in [0.3, 0.4) is 0 Å². The Bertz CT molecular complexity index is 128. The van der Waals surface area contributed by atoms with Crippen LogP contribution in [-0.2, 0) is 9.47 Å². The third-order valence-corrected chi connectivity index (χ3v) is 2.42. The van der Waals surface area contributed by atoms with E-state index in [1.807, 2.05) is 0 Å². The molecule has 0 radical (unpaired) electrons. The first-order valence-corrected chi connectivity index (χ1v) is 4.10. The molecule has 2 unspecified atom stereocenters. The Hall–Kier alpha value is 1.08. The minimum Gasteiger partial charge on any atom is -0.340 e. The quantitative estimate of drug-likeness (QED) is 0.590. The van der Waals surface area contributed by atoms with Gasteiger partial charge in [0.15, 0.2) is 11.1 Å². The molecular formula is C4H4Cl4O2. The molecule has 0 aromatic rings. The zero-order chi connectivity index (χ0) is 7.78. The monoisotopic (exact) mass is 224 g/mol. The van der Waals surface area contributed by atoms with Crippen LogP contribution in [0, 0.1) is 0 Å². The lowest BCUT2D eigenvalue weighted by molar-refractivity contribution is -0.110. The predicted molar refractivity (Wildman–Crippen MR) is 40.8 cm³/mol. The molecule has 0 aromatic carbocycles. The first kappa shape index (κ1) is 9.17. The van der Waals surface area contributed by atoms with Crippen LogP contribution >= 0.6 is 46.4 Å². The molecule has 2 nitrogen and oxygen atoms in total. The minimum atomic E-state index is -1.48. The maximum Gasteiger partial charge on any atom is 0.258 e. The molecule has 0 bridgehead atoms. The lowest BCUT2D eigenvalue weighted by Gasteiger charge is -2.32. The van der Waals surface area contributed by atoms with E-state index in [2.05, 4.69) is 0 Å². The Morgan fingerprint density at radius 1 is 1.30 bits per heavy atom. The first-order valence-electron chi connectivity index (χ1n) is 2.48. The van der Waals surface area contributed by atoms with Gasteiger partial charge in [-0.3, -0.25) is 0 Å². The second-order valence-corrected chi connectivity index (χ2v) is 3.93. The molecule has 1 rings (SSSR count). The van der Waals surface area contributed by atoms with Crippen molar-refractivity contribution >= 4 is 46.4 Å². The van der Waals surface area contributed by atoms with Gasteiger partial charge in [-0.1, -0.05) is 46.4 Å². The van der Waals surface area contributed by atoms with E-state index in [0.29, 0.717) is 0 Å². The normalized spacial score (nSPS) is 39.6. The van der Waals surface area contributed by atoms with Crippen LogP contribution in [0.1, 0.15) is 0 Å². The molecule has 0 saturated carbocycles. The molecule has 6 heteroatoms. The molecule has 1 aliphatic heterocycles. The fraction of sp³-hybridized carbons (Fsp3) is 1.00. The maximum atomic E-state index is 5.52. The van der Waals surface area contributed by atoms with Gasteiger partial charge in [-0.25, -0.2) is 0 Å². The zero-order valence-electron chi connectivity index (χ0n) is 4.69. The van der Waals surface area contributed by atoms with E-state index >= 15 is 0 Å². The summed E-state index contributed by atoms with van der Waals surface area (Å²) in [7, 11) is 0. The van der Waals surface area contributed by atoms with E-state index in [-0.39, 0.29) is 6.61 Å². The SMILES string of the molecule is ClC1COC(Cl)(Cl)C(Cl)O1. The summed E-state index contributed by atoms with van der Waals surface area (Å²) in [6, 6.07) is 0. The summed E-state index contributed by atoms with van der Waals surface area (Å²) in [5.74, 6) is 0. The summed E-state index contributed by atoms with van der Waals surface area (Å²) in [6.07, 6.45) is 0. The van der Waals surface area contributed by atoms with E-state index in [1.165, 1.54) is 0 Å². The molecular weight excluding hydrogens is 222 g/mol. The molecule has 0 N–H and O–H groups in total. The van der Waals surface area contributed by atoms with Crippen molar-refractivity contribution in [3.8, 4) is 0 Å². The molecule has 10 heavy (non-hydrogen) atoms. The molecule has 1 fully saturated rings. The predicted octanol–water partition coefficient (Wildman–Crippen LogP) is 2.29. The van der Waals surface area contributed by atoms with Crippen molar-refractivity contribution in [3.05, 3.63) is 0 Å². The number of hydrogen-bond donors (Lipinski definition) is 0. The third-order valence-electron chi connectivity index (χ3n) is 0.938. The molecule has 1 aliphatic rings. The number of alkyl halides is 4. The molecule has 0 amide bonds. The first-order chi connectivity index (χ1) is 4.52. The van der Waals surface area contributed by atoms with Gasteiger partial charge in [-0.05, 0) is 0 Å². The highest BCUT2D eigenvalue weighted by molar-refractivity contribution is 6.51. The van der Waals surface area contributed by atoms with Crippen LogP contribution in [0.5, 0.6) is 0 Å². The number of rotatable bonds is 0. The van der Waals surface area contributed by atoms with E-state index < -0.39 is 15.6 Å². The smallest absolute Gasteiger partial charge is 0.258 e. The summed E-state index contributed by atoms with van der Waals surface area (Å²) in [6.45, 7) is 0.137. The lowest BCUT2D eigenvalue weighted by Crippen LogP contribution is -2.42. The third kappa shape index (κ3) is 2.03. The standard InChI is InChI=1S/C4H4Cl4O2/c5-2-1-9-4(7,8)3(6)10-2/h2-3H,1H2. The van der Waals surface area contributed by atoms with Crippen molar-refractivity contribution in [2.45, 2.75) is 15.6 Å². The summed E-state index contributed by atoms with van der Waals surface area (Å²) < 4.78 is 8.20. The highest BCUT2D eigenvalue weighted by Gasteiger charge is 2.41. The van der Waals surface area contributed by atoms with Gasteiger partial charge >= 0.3 is 0 Å². The van der Waals surface area contributed by atoms with Crippen LogP contribution in [-0.4, -0.2) is 22.3 Å². The second kappa shape index (κ2) is 3.21. The second-order valence-electron chi connectivity index (χ2n) is 1.73. The van der Waals surface area contributed by atoms with Gasteiger partial charge in [0.05, 0.1) is 6.61 Å². The topological polar surface area (TPSA) is 18.5 Å². The van der Waals surface area contributed by atoms with E-state index in [9.17, 15) is 0 Å². The fourth-order valence-corrected chi connectivity index (χ4v) is 1.12. The lowest BCUT2D eigenvalue weighted by atomic mass is 10.6.